The molecule has 70 valence electrons. The number of carbonyl (C=O) groups is 1. The Balaban J connectivity index is 3.28. The molecular weight excluding hydrogens is 174 g/mol. The van der Waals surface area contributed by atoms with Crippen molar-refractivity contribution >= 4 is 5.78 Å². The molecule has 1 aromatic carbocycles. The van der Waals surface area contributed by atoms with Gasteiger partial charge in [-0.25, -0.2) is 8.78 Å². The smallest absolute Gasteiger partial charge is 0.159 e. The van der Waals surface area contributed by atoms with Crippen LogP contribution in [-0.2, 0) is 6.67 Å². The molecule has 0 aliphatic heterocycles. The second-order valence-corrected chi connectivity index (χ2v) is 2.94. The number of aryl methyl sites for hydroxylation is 1. The van der Waals surface area contributed by atoms with Crippen LogP contribution in [0.5, 0.6) is 0 Å². The van der Waals surface area contributed by atoms with E-state index < -0.39 is 12.5 Å². The number of Topliss-reactive ketones (excluding diaryl/α,β-unsaturated/α-hetero) is 1. The summed E-state index contributed by atoms with van der Waals surface area (Å²) >= 11 is 0. The van der Waals surface area contributed by atoms with Crippen LogP contribution in [0.4, 0.5) is 8.78 Å². The summed E-state index contributed by atoms with van der Waals surface area (Å²) in [6.45, 7) is 2.10. The van der Waals surface area contributed by atoms with E-state index in [2.05, 4.69) is 0 Å². The van der Waals surface area contributed by atoms with Gasteiger partial charge >= 0.3 is 0 Å². The van der Waals surface area contributed by atoms with Crippen LogP contribution < -0.4 is 0 Å². The van der Waals surface area contributed by atoms with Crippen LogP contribution in [0.25, 0.3) is 0 Å². The molecule has 0 aromatic heterocycles. The molecule has 1 rings (SSSR count). The van der Waals surface area contributed by atoms with Crippen molar-refractivity contribution in [2.75, 3.05) is 0 Å². The second kappa shape index (κ2) is 3.64. The lowest BCUT2D eigenvalue weighted by molar-refractivity contribution is 0.101. The summed E-state index contributed by atoms with van der Waals surface area (Å²) in [5, 5.41) is 0. The SMILES string of the molecule is CC(=O)c1cc(C)c(CF)c(F)c1. The van der Waals surface area contributed by atoms with Gasteiger partial charge in [0.1, 0.15) is 12.5 Å². The Morgan fingerprint density at radius 1 is 1.46 bits per heavy atom. The molecular formula is C10H10F2O. The van der Waals surface area contributed by atoms with E-state index in [4.69, 9.17) is 0 Å². The summed E-state index contributed by atoms with van der Waals surface area (Å²) in [5.74, 6) is -0.861. The average molecular weight is 184 g/mol. The van der Waals surface area contributed by atoms with Gasteiger partial charge in [-0.1, -0.05) is 0 Å². The highest BCUT2D eigenvalue weighted by Gasteiger charge is 2.09. The van der Waals surface area contributed by atoms with E-state index in [1.807, 2.05) is 0 Å². The number of carbonyl (C=O) groups excluding carboxylic acids is 1. The van der Waals surface area contributed by atoms with Gasteiger partial charge in [-0.05, 0) is 31.5 Å². The molecule has 0 radical (unpaired) electrons. The third-order valence-electron chi connectivity index (χ3n) is 1.96. The van der Waals surface area contributed by atoms with Gasteiger partial charge in [0, 0.05) is 11.1 Å². The van der Waals surface area contributed by atoms with Crippen molar-refractivity contribution in [3.8, 4) is 0 Å². The summed E-state index contributed by atoms with van der Waals surface area (Å²) in [4.78, 5) is 10.9. The van der Waals surface area contributed by atoms with E-state index in [9.17, 15) is 13.6 Å². The summed E-state index contributed by atoms with van der Waals surface area (Å²) in [6, 6.07) is 2.57. The lowest BCUT2D eigenvalue weighted by Crippen LogP contribution is -1.99. The minimum atomic E-state index is -0.837. The van der Waals surface area contributed by atoms with Gasteiger partial charge in [0.25, 0.3) is 0 Å². The van der Waals surface area contributed by atoms with Crippen LogP contribution in [0.2, 0.25) is 0 Å². The van der Waals surface area contributed by atoms with Crippen molar-refractivity contribution in [1.82, 2.24) is 0 Å². The normalized spacial score (nSPS) is 10.2. The molecule has 0 aliphatic carbocycles. The van der Waals surface area contributed by atoms with Crippen molar-refractivity contribution in [3.63, 3.8) is 0 Å². The lowest BCUT2D eigenvalue weighted by atomic mass is 10.0. The van der Waals surface area contributed by atoms with Crippen molar-refractivity contribution in [1.29, 1.82) is 0 Å². The van der Waals surface area contributed by atoms with E-state index in [0.29, 0.717) is 5.56 Å². The summed E-state index contributed by atoms with van der Waals surface area (Å²) in [6.07, 6.45) is 0. The zero-order valence-electron chi connectivity index (χ0n) is 7.53. The minimum absolute atomic E-state index is 0.0324. The highest BCUT2D eigenvalue weighted by Crippen LogP contribution is 2.17. The van der Waals surface area contributed by atoms with E-state index in [-0.39, 0.29) is 16.9 Å². The molecule has 0 atom stereocenters. The highest BCUT2D eigenvalue weighted by molar-refractivity contribution is 5.94. The molecule has 0 N–H and O–H groups in total. The fraction of sp³-hybridized carbons (Fsp3) is 0.300. The Hall–Kier alpha value is -1.25. The number of ketones is 1. The van der Waals surface area contributed by atoms with E-state index in [1.165, 1.54) is 13.0 Å². The van der Waals surface area contributed by atoms with Gasteiger partial charge in [-0.2, -0.15) is 0 Å². The number of rotatable bonds is 2. The third-order valence-corrected chi connectivity index (χ3v) is 1.96. The number of hydrogen-bond acceptors (Lipinski definition) is 1. The van der Waals surface area contributed by atoms with Gasteiger partial charge in [-0.3, -0.25) is 4.79 Å². The average Bonchev–Trinajstić information content (AvgIpc) is 2.03. The minimum Gasteiger partial charge on any atom is -0.295 e. The lowest BCUT2D eigenvalue weighted by Gasteiger charge is -2.04. The maximum Gasteiger partial charge on any atom is 0.159 e. The molecule has 1 nitrogen and oxygen atoms in total. The van der Waals surface area contributed by atoms with Gasteiger partial charge in [0.05, 0.1) is 0 Å². The molecule has 0 bridgehead atoms. The Bertz CT molecular complexity index is 322. The first-order valence-corrected chi connectivity index (χ1v) is 3.92. The summed E-state index contributed by atoms with van der Waals surface area (Å²) < 4.78 is 25.3. The summed E-state index contributed by atoms with van der Waals surface area (Å²) in [7, 11) is 0. The van der Waals surface area contributed by atoms with Gasteiger partial charge in [0.2, 0.25) is 0 Å². The Labute approximate surface area is 75.4 Å². The number of hydrogen-bond donors (Lipinski definition) is 0. The van der Waals surface area contributed by atoms with E-state index in [1.54, 1.807) is 6.92 Å². The molecule has 0 saturated carbocycles. The molecule has 1 aromatic rings. The monoisotopic (exact) mass is 184 g/mol. The fourth-order valence-corrected chi connectivity index (χ4v) is 1.15. The van der Waals surface area contributed by atoms with Crippen molar-refractivity contribution < 1.29 is 13.6 Å². The second-order valence-electron chi connectivity index (χ2n) is 2.94. The fourth-order valence-electron chi connectivity index (χ4n) is 1.15. The van der Waals surface area contributed by atoms with E-state index in [0.717, 1.165) is 6.07 Å². The number of halogens is 2. The van der Waals surface area contributed by atoms with Crippen LogP contribution in [0.3, 0.4) is 0 Å². The van der Waals surface area contributed by atoms with E-state index >= 15 is 0 Å². The molecule has 0 heterocycles. The van der Waals surface area contributed by atoms with Crippen LogP contribution in [-0.4, -0.2) is 5.78 Å². The van der Waals surface area contributed by atoms with Crippen LogP contribution in [0.15, 0.2) is 12.1 Å². The van der Waals surface area contributed by atoms with Gasteiger partial charge in [-0.15, -0.1) is 0 Å². The Morgan fingerprint density at radius 3 is 2.46 bits per heavy atom. The zero-order chi connectivity index (χ0) is 10.0. The predicted molar refractivity (Wildman–Crippen MR) is 46.0 cm³/mol. The van der Waals surface area contributed by atoms with Crippen LogP contribution in [0.1, 0.15) is 28.4 Å². The highest BCUT2D eigenvalue weighted by atomic mass is 19.1. The van der Waals surface area contributed by atoms with Crippen molar-refractivity contribution in [2.45, 2.75) is 20.5 Å². The van der Waals surface area contributed by atoms with Crippen molar-refractivity contribution in [3.05, 3.63) is 34.6 Å². The largest absolute Gasteiger partial charge is 0.295 e. The van der Waals surface area contributed by atoms with Gasteiger partial charge in [0.15, 0.2) is 5.78 Å². The zero-order valence-corrected chi connectivity index (χ0v) is 7.53. The molecule has 0 fully saturated rings. The van der Waals surface area contributed by atoms with Crippen molar-refractivity contribution in [2.24, 2.45) is 0 Å². The number of benzene rings is 1. The van der Waals surface area contributed by atoms with Crippen LogP contribution in [0, 0.1) is 12.7 Å². The predicted octanol–water partition coefficient (Wildman–Crippen LogP) is 2.81. The molecule has 13 heavy (non-hydrogen) atoms. The Kier molecular flexibility index (Phi) is 2.76. The standard InChI is InChI=1S/C10H10F2O/c1-6-3-8(7(2)13)4-10(12)9(6)5-11/h3-4H,5H2,1-2H3. The molecule has 0 unspecified atom stereocenters. The van der Waals surface area contributed by atoms with Gasteiger partial charge < -0.3 is 0 Å². The first-order chi connectivity index (χ1) is 6.06. The molecule has 0 saturated heterocycles. The molecule has 0 aliphatic rings. The maximum absolute atomic E-state index is 13.1. The topological polar surface area (TPSA) is 17.1 Å². The number of alkyl halides is 1. The summed E-state index contributed by atoms with van der Waals surface area (Å²) in [5.41, 5.74) is 0.796. The molecule has 0 amide bonds. The Morgan fingerprint density at radius 2 is 2.08 bits per heavy atom. The molecule has 3 heteroatoms. The maximum atomic E-state index is 13.1. The van der Waals surface area contributed by atoms with Crippen LogP contribution >= 0.6 is 0 Å². The first kappa shape index (κ1) is 9.84. The third kappa shape index (κ3) is 1.91. The quantitative estimate of drug-likeness (QED) is 0.646. The molecule has 0 spiro atoms. The first-order valence-electron chi connectivity index (χ1n) is 3.92.